The second-order valence-electron chi connectivity index (χ2n) is 4.81. The van der Waals surface area contributed by atoms with Crippen LogP contribution in [0.1, 0.15) is 22.3 Å². The SMILES string of the molecule is O=C(c1ccccc1)N1N=CCC1(O)c1ccc(Cl)cc1. The number of hydrogen-bond donors (Lipinski definition) is 1. The molecule has 1 aliphatic rings. The largest absolute Gasteiger partial charge is 0.365 e. The molecular formula is C16H13ClN2O2. The lowest BCUT2D eigenvalue weighted by Crippen LogP contribution is -2.43. The van der Waals surface area contributed by atoms with Crippen molar-refractivity contribution in [3.05, 3.63) is 70.7 Å². The van der Waals surface area contributed by atoms with E-state index in [1.54, 1.807) is 48.5 Å². The molecule has 0 saturated heterocycles. The molecule has 5 heteroatoms. The third-order valence-electron chi connectivity index (χ3n) is 3.44. The van der Waals surface area contributed by atoms with E-state index >= 15 is 0 Å². The molecule has 0 aromatic heterocycles. The summed E-state index contributed by atoms with van der Waals surface area (Å²) in [5.74, 6) is -0.346. The average Bonchev–Trinajstić information content (AvgIpc) is 2.91. The normalized spacial score (nSPS) is 20.8. The van der Waals surface area contributed by atoms with Gasteiger partial charge in [-0.05, 0) is 24.3 Å². The summed E-state index contributed by atoms with van der Waals surface area (Å²) in [6.07, 6.45) is 1.78. The van der Waals surface area contributed by atoms with Crippen molar-refractivity contribution in [1.82, 2.24) is 5.01 Å². The predicted octanol–water partition coefficient (Wildman–Crippen LogP) is 3.02. The van der Waals surface area contributed by atoms with Crippen LogP contribution < -0.4 is 0 Å². The fourth-order valence-electron chi connectivity index (χ4n) is 2.31. The molecule has 0 radical (unpaired) electrons. The summed E-state index contributed by atoms with van der Waals surface area (Å²) >= 11 is 5.87. The summed E-state index contributed by atoms with van der Waals surface area (Å²) in [5, 5.41) is 16.6. The molecule has 2 aromatic carbocycles. The Morgan fingerprint density at radius 1 is 1.14 bits per heavy atom. The summed E-state index contributed by atoms with van der Waals surface area (Å²) in [4.78, 5) is 12.5. The second-order valence-corrected chi connectivity index (χ2v) is 5.25. The molecule has 0 aliphatic carbocycles. The first-order valence-electron chi connectivity index (χ1n) is 6.52. The number of amides is 1. The van der Waals surface area contributed by atoms with Gasteiger partial charge in [0.25, 0.3) is 5.91 Å². The van der Waals surface area contributed by atoms with Gasteiger partial charge in [0.2, 0.25) is 0 Å². The minimum absolute atomic E-state index is 0.243. The van der Waals surface area contributed by atoms with E-state index < -0.39 is 5.72 Å². The average molecular weight is 301 g/mol. The zero-order valence-corrected chi connectivity index (χ0v) is 11.9. The number of hydrazone groups is 1. The van der Waals surface area contributed by atoms with Gasteiger partial charge in [-0.15, -0.1) is 0 Å². The molecule has 0 saturated carbocycles. The molecule has 0 spiro atoms. The highest BCUT2D eigenvalue weighted by atomic mass is 35.5. The van der Waals surface area contributed by atoms with E-state index in [1.807, 2.05) is 6.07 Å². The maximum atomic E-state index is 12.5. The fraction of sp³-hybridized carbons (Fsp3) is 0.125. The summed E-state index contributed by atoms with van der Waals surface area (Å²) in [6, 6.07) is 15.5. The first-order valence-corrected chi connectivity index (χ1v) is 6.89. The number of carbonyl (C=O) groups excluding carboxylic acids is 1. The molecule has 21 heavy (non-hydrogen) atoms. The van der Waals surface area contributed by atoms with Crippen LogP contribution in [0, 0.1) is 0 Å². The highest BCUT2D eigenvalue weighted by Crippen LogP contribution is 2.34. The Morgan fingerprint density at radius 2 is 1.81 bits per heavy atom. The van der Waals surface area contributed by atoms with Crippen LogP contribution in [0.3, 0.4) is 0 Å². The molecule has 106 valence electrons. The summed E-state index contributed by atoms with van der Waals surface area (Å²) in [7, 11) is 0. The van der Waals surface area contributed by atoms with Gasteiger partial charge in [-0.3, -0.25) is 4.79 Å². The van der Waals surface area contributed by atoms with Crippen molar-refractivity contribution in [3.8, 4) is 0 Å². The van der Waals surface area contributed by atoms with Crippen LogP contribution in [0.25, 0.3) is 0 Å². The summed E-state index contributed by atoms with van der Waals surface area (Å²) in [5.41, 5.74) is -0.421. The first-order chi connectivity index (χ1) is 10.1. The minimum atomic E-state index is -1.47. The quantitative estimate of drug-likeness (QED) is 0.927. The van der Waals surface area contributed by atoms with E-state index in [-0.39, 0.29) is 12.3 Å². The third kappa shape index (κ3) is 2.44. The van der Waals surface area contributed by atoms with Crippen LogP contribution in [0.15, 0.2) is 59.7 Å². The molecule has 1 amide bonds. The van der Waals surface area contributed by atoms with Gasteiger partial charge in [0.15, 0.2) is 5.72 Å². The van der Waals surface area contributed by atoms with E-state index in [2.05, 4.69) is 5.10 Å². The smallest absolute Gasteiger partial charge is 0.276 e. The number of benzene rings is 2. The van der Waals surface area contributed by atoms with Gasteiger partial charge in [0.05, 0.1) is 0 Å². The second kappa shape index (κ2) is 5.31. The Bertz CT molecular complexity index is 685. The molecular weight excluding hydrogens is 288 g/mol. The van der Waals surface area contributed by atoms with E-state index in [9.17, 15) is 9.90 Å². The topological polar surface area (TPSA) is 52.9 Å². The highest BCUT2D eigenvalue weighted by Gasteiger charge is 2.42. The predicted molar refractivity (Wildman–Crippen MR) is 81.1 cm³/mol. The Hall–Kier alpha value is -2.17. The molecule has 0 bridgehead atoms. The van der Waals surface area contributed by atoms with Crippen LogP contribution in [-0.4, -0.2) is 22.2 Å². The van der Waals surface area contributed by atoms with Gasteiger partial charge < -0.3 is 5.11 Å². The monoisotopic (exact) mass is 300 g/mol. The molecule has 1 unspecified atom stereocenters. The Balaban J connectivity index is 1.96. The molecule has 1 heterocycles. The van der Waals surface area contributed by atoms with Crippen LogP contribution in [-0.2, 0) is 5.72 Å². The van der Waals surface area contributed by atoms with Crippen molar-refractivity contribution in [3.63, 3.8) is 0 Å². The van der Waals surface area contributed by atoms with Crippen LogP contribution in [0.2, 0.25) is 5.02 Å². The van der Waals surface area contributed by atoms with Crippen molar-refractivity contribution >= 4 is 23.7 Å². The molecule has 3 rings (SSSR count). The molecule has 2 aromatic rings. The minimum Gasteiger partial charge on any atom is -0.365 e. The zero-order valence-electron chi connectivity index (χ0n) is 11.1. The molecule has 0 fully saturated rings. The maximum absolute atomic E-state index is 12.5. The Morgan fingerprint density at radius 3 is 2.48 bits per heavy atom. The van der Waals surface area contributed by atoms with Crippen molar-refractivity contribution in [2.45, 2.75) is 12.1 Å². The number of halogens is 1. The Kier molecular flexibility index (Phi) is 3.49. The number of hydrogen-bond acceptors (Lipinski definition) is 3. The lowest BCUT2D eigenvalue weighted by atomic mass is 9.99. The van der Waals surface area contributed by atoms with Crippen molar-refractivity contribution in [1.29, 1.82) is 0 Å². The number of aliphatic hydroxyl groups is 1. The molecule has 4 nitrogen and oxygen atoms in total. The first kappa shape index (κ1) is 13.8. The van der Waals surface area contributed by atoms with Gasteiger partial charge in [-0.25, -0.2) is 0 Å². The fourth-order valence-corrected chi connectivity index (χ4v) is 2.44. The van der Waals surface area contributed by atoms with Gasteiger partial charge in [-0.1, -0.05) is 41.9 Å². The van der Waals surface area contributed by atoms with E-state index in [4.69, 9.17) is 11.6 Å². The zero-order chi connectivity index (χ0) is 14.9. The molecule has 1 aliphatic heterocycles. The van der Waals surface area contributed by atoms with Crippen molar-refractivity contribution in [2.75, 3.05) is 0 Å². The van der Waals surface area contributed by atoms with Gasteiger partial charge in [-0.2, -0.15) is 10.1 Å². The lowest BCUT2D eigenvalue weighted by molar-refractivity contribution is -0.0764. The highest BCUT2D eigenvalue weighted by molar-refractivity contribution is 6.30. The van der Waals surface area contributed by atoms with Crippen LogP contribution >= 0.6 is 11.6 Å². The summed E-state index contributed by atoms with van der Waals surface area (Å²) in [6.45, 7) is 0. The molecule has 1 atom stereocenters. The summed E-state index contributed by atoms with van der Waals surface area (Å²) < 4.78 is 0. The van der Waals surface area contributed by atoms with Gasteiger partial charge >= 0.3 is 0 Å². The number of nitrogens with zero attached hydrogens (tertiary/aromatic N) is 2. The van der Waals surface area contributed by atoms with Crippen LogP contribution in [0.5, 0.6) is 0 Å². The maximum Gasteiger partial charge on any atom is 0.276 e. The van der Waals surface area contributed by atoms with Gasteiger partial charge in [0.1, 0.15) is 0 Å². The van der Waals surface area contributed by atoms with E-state index in [1.165, 1.54) is 6.21 Å². The van der Waals surface area contributed by atoms with Gasteiger partial charge in [0, 0.05) is 28.8 Å². The number of rotatable bonds is 2. The van der Waals surface area contributed by atoms with Crippen molar-refractivity contribution < 1.29 is 9.90 Å². The number of carbonyl (C=O) groups is 1. The van der Waals surface area contributed by atoms with Crippen LogP contribution in [0.4, 0.5) is 0 Å². The standard InChI is InChI=1S/C16H13ClN2O2/c17-14-8-6-13(7-9-14)16(21)10-11-18-19(16)15(20)12-4-2-1-3-5-12/h1-9,11,21H,10H2. The Labute approximate surface area is 127 Å². The third-order valence-corrected chi connectivity index (χ3v) is 3.70. The van der Waals surface area contributed by atoms with E-state index in [0.29, 0.717) is 16.1 Å². The van der Waals surface area contributed by atoms with Crippen molar-refractivity contribution in [2.24, 2.45) is 5.10 Å². The lowest BCUT2D eigenvalue weighted by Gasteiger charge is -2.31. The molecule has 1 N–H and O–H groups in total. The van der Waals surface area contributed by atoms with E-state index in [0.717, 1.165) is 5.01 Å².